The highest BCUT2D eigenvalue weighted by Gasteiger charge is 2.17. The quantitative estimate of drug-likeness (QED) is 0.376. The zero-order valence-electron chi connectivity index (χ0n) is 16.3. The minimum atomic E-state index is -0.474. The van der Waals surface area contributed by atoms with Crippen molar-refractivity contribution in [3.05, 3.63) is 63.8 Å². The van der Waals surface area contributed by atoms with Crippen LogP contribution in [-0.4, -0.2) is 20.6 Å². The fourth-order valence-electron chi connectivity index (χ4n) is 3.51. The maximum absolute atomic E-state index is 12.9. The highest BCUT2D eigenvalue weighted by Crippen LogP contribution is 2.40. The van der Waals surface area contributed by atoms with Gasteiger partial charge < -0.3 is 9.67 Å². The Kier molecular flexibility index (Phi) is 4.92. The van der Waals surface area contributed by atoms with E-state index in [0.29, 0.717) is 12.1 Å². The van der Waals surface area contributed by atoms with E-state index >= 15 is 0 Å². The normalized spacial score (nSPS) is 11.7. The molecule has 0 fully saturated rings. The number of pyridine rings is 1. The van der Waals surface area contributed by atoms with Crippen molar-refractivity contribution < 1.29 is 9.90 Å². The minimum Gasteiger partial charge on any atom is -0.493 e. The van der Waals surface area contributed by atoms with E-state index in [9.17, 15) is 9.90 Å². The van der Waals surface area contributed by atoms with Crippen molar-refractivity contribution in [2.24, 2.45) is 10.2 Å². The van der Waals surface area contributed by atoms with Crippen LogP contribution in [0.15, 0.2) is 57.2 Å². The first-order valence-corrected chi connectivity index (χ1v) is 10.0. The van der Waals surface area contributed by atoms with E-state index in [4.69, 9.17) is 0 Å². The molecule has 0 aliphatic carbocycles. The summed E-state index contributed by atoms with van der Waals surface area (Å²) in [6.07, 6.45) is 0. The predicted molar refractivity (Wildman–Crippen MR) is 117 cm³/mol. The van der Waals surface area contributed by atoms with Crippen LogP contribution in [0.2, 0.25) is 0 Å². The number of aromatic nitrogens is 2. The van der Waals surface area contributed by atoms with E-state index in [0.717, 1.165) is 37.5 Å². The molecule has 2 aromatic heterocycles. The topological polar surface area (TPSA) is 79.8 Å². The lowest BCUT2D eigenvalue weighted by molar-refractivity contribution is 0.0996. The summed E-state index contributed by atoms with van der Waals surface area (Å²) in [5.41, 5.74) is 4.05. The number of aromatic hydroxyl groups is 1. The standard InChI is InChI=1S/C22H19BrN4O2/c1-4-27-19-8-6-14(23)11-17(19)20(22(27)29)25-26-21(28)16-10-13(3)24-18-7-5-12(2)9-15(16)18/h5-11,29H,4H2,1-3H3. The van der Waals surface area contributed by atoms with Gasteiger partial charge in [0, 0.05) is 27.5 Å². The van der Waals surface area contributed by atoms with Crippen molar-refractivity contribution in [1.29, 1.82) is 0 Å². The van der Waals surface area contributed by atoms with E-state index in [-0.39, 0.29) is 11.6 Å². The van der Waals surface area contributed by atoms with Crippen LogP contribution in [0.25, 0.3) is 21.8 Å². The molecule has 0 unspecified atom stereocenters. The Morgan fingerprint density at radius 2 is 1.93 bits per heavy atom. The van der Waals surface area contributed by atoms with Crippen LogP contribution in [0.3, 0.4) is 0 Å². The van der Waals surface area contributed by atoms with Crippen LogP contribution in [0.1, 0.15) is 28.5 Å². The molecule has 0 spiro atoms. The second-order valence-electron chi connectivity index (χ2n) is 6.91. The summed E-state index contributed by atoms with van der Waals surface area (Å²) in [5, 5.41) is 20.2. The van der Waals surface area contributed by atoms with Gasteiger partial charge in [0.15, 0.2) is 5.69 Å². The van der Waals surface area contributed by atoms with Gasteiger partial charge in [-0.25, -0.2) is 0 Å². The lowest BCUT2D eigenvalue weighted by atomic mass is 10.1. The zero-order valence-corrected chi connectivity index (χ0v) is 17.9. The molecule has 1 N–H and O–H groups in total. The molecule has 4 aromatic rings. The molecule has 0 aliphatic rings. The van der Waals surface area contributed by atoms with E-state index in [2.05, 4.69) is 31.1 Å². The Bertz CT molecular complexity index is 1310. The second-order valence-corrected chi connectivity index (χ2v) is 7.83. The number of amides is 1. The summed E-state index contributed by atoms with van der Waals surface area (Å²) in [4.78, 5) is 17.4. The van der Waals surface area contributed by atoms with Gasteiger partial charge in [-0.15, -0.1) is 10.2 Å². The molecule has 146 valence electrons. The molecule has 0 radical (unpaired) electrons. The van der Waals surface area contributed by atoms with Crippen molar-refractivity contribution in [3.8, 4) is 5.88 Å². The first-order valence-electron chi connectivity index (χ1n) is 9.24. The molecule has 6 nitrogen and oxygen atoms in total. The predicted octanol–water partition coefficient (Wildman–Crippen LogP) is 6.22. The number of azo groups is 1. The molecule has 7 heteroatoms. The third kappa shape index (κ3) is 3.42. The van der Waals surface area contributed by atoms with Crippen molar-refractivity contribution in [2.45, 2.75) is 27.3 Å². The number of carbonyl (C=O) groups excluding carboxylic acids is 1. The van der Waals surface area contributed by atoms with E-state index < -0.39 is 5.91 Å². The lowest BCUT2D eigenvalue weighted by Gasteiger charge is -2.05. The Labute approximate surface area is 176 Å². The van der Waals surface area contributed by atoms with E-state index in [1.54, 1.807) is 10.6 Å². The average molecular weight is 451 g/mol. The average Bonchev–Trinajstić information content (AvgIpc) is 2.95. The van der Waals surface area contributed by atoms with Gasteiger partial charge in [-0.1, -0.05) is 27.6 Å². The van der Waals surface area contributed by atoms with Crippen LogP contribution in [0.5, 0.6) is 5.88 Å². The van der Waals surface area contributed by atoms with Crippen molar-refractivity contribution in [1.82, 2.24) is 9.55 Å². The number of benzene rings is 2. The number of rotatable bonds is 3. The number of halogens is 1. The molecule has 0 atom stereocenters. The Morgan fingerprint density at radius 1 is 1.14 bits per heavy atom. The molecule has 1 amide bonds. The molecule has 0 saturated carbocycles. The van der Waals surface area contributed by atoms with Crippen LogP contribution < -0.4 is 0 Å². The molecular formula is C22H19BrN4O2. The third-order valence-electron chi connectivity index (χ3n) is 4.85. The monoisotopic (exact) mass is 450 g/mol. The number of carbonyl (C=O) groups is 1. The minimum absolute atomic E-state index is 0.0104. The smallest absolute Gasteiger partial charge is 0.296 e. The Morgan fingerprint density at radius 3 is 2.69 bits per heavy atom. The number of aryl methyl sites for hydroxylation is 3. The number of fused-ring (bicyclic) bond motifs is 2. The second kappa shape index (κ2) is 7.40. The highest BCUT2D eigenvalue weighted by atomic mass is 79.9. The Hall–Kier alpha value is -3.06. The summed E-state index contributed by atoms with van der Waals surface area (Å²) in [7, 11) is 0. The molecule has 29 heavy (non-hydrogen) atoms. The molecule has 0 bridgehead atoms. The first kappa shape index (κ1) is 19.3. The molecule has 0 saturated heterocycles. The zero-order chi connectivity index (χ0) is 20.7. The summed E-state index contributed by atoms with van der Waals surface area (Å²) < 4.78 is 2.59. The van der Waals surface area contributed by atoms with Gasteiger partial charge in [-0.05, 0) is 57.2 Å². The van der Waals surface area contributed by atoms with Gasteiger partial charge >= 0.3 is 0 Å². The van der Waals surface area contributed by atoms with Crippen LogP contribution in [0, 0.1) is 13.8 Å². The summed E-state index contributed by atoms with van der Waals surface area (Å²) >= 11 is 3.44. The fourth-order valence-corrected chi connectivity index (χ4v) is 3.87. The van der Waals surface area contributed by atoms with Crippen molar-refractivity contribution in [3.63, 3.8) is 0 Å². The van der Waals surface area contributed by atoms with E-state index in [1.165, 1.54) is 0 Å². The third-order valence-corrected chi connectivity index (χ3v) is 5.34. The molecule has 4 rings (SSSR count). The van der Waals surface area contributed by atoms with E-state index in [1.807, 2.05) is 57.2 Å². The molecule has 2 aromatic carbocycles. The van der Waals surface area contributed by atoms with Gasteiger partial charge in [0.1, 0.15) is 0 Å². The van der Waals surface area contributed by atoms with Gasteiger partial charge in [-0.3, -0.25) is 9.78 Å². The maximum atomic E-state index is 12.9. The SMILES string of the molecule is CCn1c(O)c(N=NC(=O)c2cc(C)nc3ccc(C)cc23)c2cc(Br)ccc21. The highest BCUT2D eigenvalue weighted by molar-refractivity contribution is 9.10. The Balaban J connectivity index is 1.83. The van der Waals surface area contributed by atoms with Gasteiger partial charge in [-0.2, -0.15) is 0 Å². The largest absolute Gasteiger partial charge is 0.493 e. The van der Waals surface area contributed by atoms with Gasteiger partial charge in [0.05, 0.1) is 16.6 Å². The van der Waals surface area contributed by atoms with Gasteiger partial charge in [0.25, 0.3) is 5.91 Å². The molecule has 0 aliphatic heterocycles. The summed E-state index contributed by atoms with van der Waals surface area (Å²) in [6.45, 7) is 6.30. The van der Waals surface area contributed by atoms with Crippen molar-refractivity contribution in [2.75, 3.05) is 0 Å². The van der Waals surface area contributed by atoms with Crippen molar-refractivity contribution >= 4 is 49.3 Å². The summed E-state index contributed by atoms with van der Waals surface area (Å²) in [5.74, 6) is -0.485. The van der Waals surface area contributed by atoms with Gasteiger partial charge in [0.2, 0.25) is 5.88 Å². The summed E-state index contributed by atoms with van der Waals surface area (Å²) in [6, 6.07) is 13.1. The van der Waals surface area contributed by atoms with Crippen LogP contribution >= 0.6 is 15.9 Å². The fraction of sp³-hybridized carbons (Fsp3) is 0.182. The molecule has 2 heterocycles. The molecular weight excluding hydrogens is 432 g/mol. The maximum Gasteiger partial charge on any atom is 0.296 e. The number of nitrogens with zero attached hydrogens (tertiary/aromatic N) is 4. The van der Waals surface area contributed by atoms with Crippen LogP contribution in [0.4, 0.5) is 5.69 Å². The lowest BCUT2D eigenvalue weighted by Crippen LogP contribution is -1.99. The number of hydrogen-bond acceptors (Lipinski definition) is 4. The number of hydrogen-bond donors (Lipinski definition) is 1. The first-order chi connectivity index (χ1) is 13.9. The van der Waals surface area contributed by atoms with Crippen LogP contribution in [-0.2, 0) is 6.54 Å².